The van der Waals surface area contributed by atoms with Gasteiger partial charge in [-0.2, -0.15) is 0 Å². The zero-order chi connectivity index (χ0) is 15.2. The fourth-order valence-corrected chi connectivity index (χ4v) is 4.28. The lowest BCUT2D eigenvalue weighted by atomic mass is 9.82. The third-order valence-electron chi connectivity index (χ3n) is 4.32. The van der Waals surface area contributed by atoms with Gasteiger partial charge in [-0.1, -0.05) is 36.0 Å². The quantitative estimate of drug-likeness (QED) is 0.841. The van der Waals surface area contributed by atoms with E-state index in [1.807, 2.05) is 0 Å². The van der Waals surface area contributed by atoms with Crippen molar-refractivity contribution >= 4 is 16.9 Å². The molecule has 0 radical (unpaired) electrons. The van der Waals surface area contributed by atoms with Gasteiger partial charge in [0.25, 0.3) is 0 Å². The van der Waals surface area contributed by atoms with Gasteiger partial charge in [0.1, 0.15) is 17.2 Å². The number of rotatable bonds is 2. The molecule has 0 atom stereocenters. The number of fused-ring (bicyclic) bond motifs is 1. The Morgan fingerprint density at radius 2 is 1.45 bits per heavy atom. The van der Waals surface area contributed by atoms with Crippen molar-refractivity contribution in [2.24, 2.45) is 4.99 Å². The molecule has 0 saturated carbocycles. The summed E-state index contributed by atoms with van der Waals surface area (Å²) >= 11 is 1.74. The highest BCUT2D eigenvalue weighted by Crippen LogP contribution is 2.44. The van der Waals surface area contributed by atoms with Crippen LogP contribution in [0, 0.1) is 11.6 Å². The Morgan fingerprint density at radius 1 is 0.909 bits per heavy atom. The number of benzene rings is 2. The normalized spacial score (nSPS) is 19.2. The zero-order valence-corrected chi connectivity index (χ0v) is 12.6. The molecule has 2 aromatic carbocycles. The van der Waals surface area contributed by atoms with Crippen molar-refractivity contribution in [2.45, 2.75) is 5.54 Å². The van der Waals surface area contributed by atoms with Crippen molar-refractivity contribution in [3.05, 3.63) is 71.3 Å². The van der Waals surface area contributed by atoms with E-state index in [-0.39, 0.29) is 11.6 Å². The molecule has 2 nitrogen and oxygen atoms in total. The summed E-state index contributed by atoms with van der Waals surface area (Å²) in [6.45, 7) is 1.46. The van der Waals surface area contributed by atoms with Crippen LogP contribution in [0.2, 0.25) is 0 Å². The van der Waals surface area contributed by atoms with Gasteiger partial charge in [-0.15, -0.1) is 0 Å². The maximum absolute atomic E-state index is 13.3. The molecular formula is C17H14F2N2S. The van der Waals surface area contributed by atoms with E-state index in [1.54, 1.807) is 36.0 Å². The lowest BCUT2D eigenvalue weighted by Crippen LogP contribution is -2.45. The fourth-order valence-electron chi connectivity index (χ4n) is 3.27. The standard InChI is InChI=1S/C17H14F2N2S/c18-14-5-1-12(2-6-14)17(13-3-7-15(19)8-4-13)11-20-16-21(17)9-10-22-16/h1-8H,9-11H2. The van der Waals surface area contributed by atoms with Crippen LogP contribution in [0.1, 0.15) is 11.1 Å². The molecule has 0 amide bonds. The molecule has 0 unspecified atom stereocenters. The fraction of sp³-hybridized carbons (Fsp3) is 0.235. The first-order valence-corrected chi connectivity index (χ1v) is 8.16. The SMILES string of the molecule is Fc1ccc(C2(c3ccc(F)cc3)CN=C3SCCN32)cc1. The minimum absolute atomic E-state index is 0.257. The molecule has 2 aliphatic heterocycles. The molecule has 0 spiro atoms. The van der Waals surface area contributed by atoms with Gasteiger partial charge < -0.3 is 4.90 Å². The molecule has 112 valence electrons. The van der Waals surface area contributed by atoms with Crippen molar-refractivity contribution in [1.82, 2.24) is 4.90 Å². The molecule has 0 bridgehead atoms. The number of thioether (sulfide) groups is 1. The van der Waals surface area contributed by atoms with Crippen molar-refractivity contribution in [3.63, 3.8) is 0 Å². The Labute approximate surface area is 131 Å². The highest BCUT2D eigenvalue weighted by atomic mass is 32.2. The van der Waals surface area contributed by atoms with Crippen LogP contribution in [0.15, 0.2) is 53.5 Å². The van der Waals surface area contributed by atoms with E-state index >= 15 is 0 Å². The van der Waals surface area contributed by atoms with Crippen LogP contribution in [-0.4, -0.2) is 28.9 Å². The number of nitrogens with zero attached hydrogens (tertiary/aromatic N) is 2. The van der Waals surface area contributed by atoms with Gasteiger partial charge in [-0.05, 0) is 35.4 Å². The summed E-state index contributed by atoms with van der Waals surface area (Å²) in [5.74, 6) is 0.476. The average Bonchev–Trinajstić information content (AvgIpc) is 3.12. The van der Waals surface area contributed by atoms with Crippen molar-refractivity contribution in [3.8, 4) is 0 Å². The van der Waals surface area contributed by atoms with Crippen molar-refractivity contribution in [1.29, 1.82) is 0 Å². The maximum Gasteiger partial charge on any atom is 0.160 e. The first-order valence-electron chi connectivity index (χ1n) is 7.17. The van der Waals surface area contributed by atoms with Gasteiger partial charge in [0.2, 0.25) is 0 Å². The number of aliphatic imine (C=N–C) groups is 1. The van der Waals surface area contributed by atoms with Crippen molar-refractivity contribution < 1.29 is 8.78 Å². The molecular weight excluding hydrogens is 302 g/mol. The second-order valence-corrected chi connectivity index (χ2v) is 6.54. The first kappa shape index (κ1) is 13.8. The minimum atomic E-state index is -0.458. The molecule has 2 aromatic rings. The van der Waals surface area contributed by atoms with Crippen molar-refractivity contribution in [2.75, 3.05) is 18.8 Å². The molecule has 0 N–H and O–H groups in total. The van der Waals surface area contributed by atoms with Crippen LogP contribution in [0.25, 0.3) is 0 Å². The molecule has 1 fully saturated rings. The second-order valence-electron chi connectivity index (χ2n) is 5.47. The van der Waals surface area contributed by atoms with E-state index in [2.05, 4.69) is 9.89 Å². The highest BCUT2D eigenvalue weighted by Gasteiger charge is 2.47. The van der Waals surface area contributed by atoms with Gasteiger partial charge >= 0.3 is 0 Å². The van der Waals surface area contributed by atoms with Gasteiger partial charge in [0.05, 0.1) is 6.54 Å². The third-order valence-corrected chi connectivity index (χ3v) is 5.32. The van der Waals surface area contributed by atoms with Gasteiger partial charge in [-0.25, -0.2) is 8.78 Å². The highest BCUT2D eigenvalue weighted by molar-refractivity contribution is 8.14. The molecule has 5 heteroatoms. The van der Waals surface area contributed by atoms with Crippen LogP contribution >= 0.6 is 11.8 Å². The van der Waals surface area contributed by atoms with Gasteiger partial charge in [-0.3, -0.25) is 4.99 Å². The van der Waals surface area contributed by atoms with E-state index in [9.17, 15) is 8.78 Å². The van der Waals surface area contributed by atoms with Gasteiger partial charge in [0.15, 0.2) is 5.17 Å². The van der Waals surface area contributed by atoms with Crippen LogP contribution in [0.4, 0.5) is 8.78 Å². The van der Waals surface area contributed by atoms with Crippen LogP contribution in [0.3, 0.4) is 0 Å². The largest absolute Gasteiger partial charge is 0.335 e. The Hall–Kier alpha value is -1.88. The number of hydrogen-bond donors (Lipinski definition) is 0. The Balaban J connectivity index is 1.89. The predicted molar refractivity (Wildman–Crippen MR) is 85.0 cm³/mol. The summed E-state index contributed by atoms with van der Waals surface area (Å²) in [4.78, 5) is 6.93. The van der Waals surface area contributed by atoms with E-state index in [4.69, 9.17) is 0 Å². The molecule has 2 aliphatic rings. The first-order chi connectivity index (χ1) is 10.7. The van der Waals surface area contributed by atoms with E-state index in [0.717, 1.165) is 28.6 Å². The lowest BCUT2D eigenvalue weighted by Gasteiger charge is -2.38. The van der Waals surface area contributed by atoms with Gasteiger partial charge in [0, 0.05) is 12.3 Å². The Morgan fingerprint density at radius 3 is 2.00 bits per heavy atom. The number of amidine groups is 1. The summed E-state index contributed by atoms with van der Waals surface area (Å²) in [7, 11) is 0. The summed E-state index contributed by atoms with van der Waals surface area (Å²) in [5.41, 5.74) is 1.52. The lowest BCUT2D eigenvalue weighted by molar-refractivity contribution is 0.273. The smallest absolute Gasteiger partial charge is 0.160 e. The van der Waals surface area contributed by atoms with Crippen LogP contribution in [-0.2, 0) is 5.54 Å². The van der Waals surface area contributed by atoms with E-state index in [1.165, 1.54) is 24.3 Å². The molecule has 22 heavy (non-hydrogen) atoms. The molecule has 0 aliphatic carbocycles. The Bertz CT molecular complexity index is 680. The topological polar surface area (TPSA) is 15.6 Å². The monoisotopic (exact) mass is 316 g/mol. The number of halogens is 2. The van der Waals surface area contributed by atoms with E-state index in [0.29, 0.717) is 6.54 Å². The third kappa shape index (κ3) is 1.96. The zero-order valence-electron chi connectivity index (χ0n) is 11.8. The molecule has 4 rings (SSSR count). The van der Waals surface area contributed by atoms with Crippen LogP contribution < -0.4 is 0 Å². The second kappa shape index (κ2) is 5.09. The summed E-state index contributed by atoms with van der Waals surface area (Å²) in [5, 5.41) is 1.02. The molecule has 1 saturated heterocycles. The summed E-state index contributed by atoms with van der Waals surface area (Å²) in [6, 6.07) is 13.1. The number of hydrogen-bond acceptors (Lipinski definition) is 3. The maximum atomic E-state index is 13.3. The Kier molecular flexibility index (Phi) is 3.18. The minimum Gasteiger partial charge on any atom is -0.335 e. The predicted octanol–water partition coefficient (Wildman–Crippen LogP) is 3.63. The molecule has 2 heterocycles. The van der Waals surface area contributed by atoms with E-state index < -0.39 is 5.54 Å². The summed E-state index contributed by atoms with van der Waals surface area (Å²) in [6.07, 6.45) is 0. The summed E-state index contributed by atoms with van der Waals surface area (Å²) < 4.78 is 26.7. The average molecular weight is 316 g/mol. The van der Waals surface area contributed by atoms with Crippen LogP contribution in [0.5, 0.6) is 0 Å². The molecule has 0 aromatic heterocycles.